The molecule has 0 spiro atoms. The highest BCUT2D eigenvalue weighted by atomic mass is 15.2. The van der Waals surface area contributed by atoms with Gasteiger partial charge in [-0.1, -0.05) is 25.8 Å². The lowest BCUT2D eigenvalue weighted by Gasteiger charge is -2.23. The van der Waals surface area contributed by atoms with Crippen molar-refractivity contribution in [3.63, 3.8) is 0 Å². The van der Waals surface area contributed by atoms with Gasteiger partial charge in [-0.15, -0.1) is 0 Å². The third-order valence-corrected chi connectivity index (χ3v) is 4.46. The maximum Gasteiger partial charge on any atom is 0.128 e. The summed E-state index contributed by atoms with van der Waals surface area (Å²) in [5.41, 5.74) is 2.72. The van der Waals surface area contributed by atoms with E-state index in [1.807, 2.05) is 0 Å². The number of hydrogen-bond acceptors (Lipinski definition) is 3. The molecule has 2 aliphatic heterocycles. The fourth-order valence-corrected chi connectivity index (χ4v) is 3.22. The van der Waals surface area contributed by atoms with E-state index in [0.717, 1.165) is 13.1 Å². The van der Waals surface area contributed by atoms with Crippen LogP contribution in [0.2, 0.25) is 0 Å². The molecule has 0 radical (unpaired) electrons. The monoisotopic (exact) mass is 259 g/mol. The van der Waals surface area contributed by atoms with Gasteiger partial charge in [-0.3, -0.25) is 0 Å². The summed E-state index contributed by atoms with van der Waals surface area (Å²) in [5, 5.41) is 3.49. The van der Waals surface area contributed by atoms with Crippen LogP contribution in [0.1, 0.15) is 56.2 Å². The molecule has 0 aliphatic carbocycles. The van der Waals surface area contributed by atoms with E-state index in [1.165, 1.54) is 62.3 Å². The Labute approximate surface area is 116 Å². The summed E-state index contributed by atoms with van der Waals surface area (Å²) in [6, 6.07) is 4.52. The first-order valence-corrected chi connectivity index (χ1v) is 7.80. The van der Waals surface area contributed by atoms with Crippen LogP contribution in [-0.2, 0) is 6.54 Å². The summed E-state index contributed by atoms with van der Waals surface area (Å²) in [6.45, 7) is 6.76. The molecule has 104 valence electrons. The fourth-order valence-electron chi connectivity index (χ4n) is 3.22. The van der Waals surface area contributed by atoms with Gasteiger partial charge in [0.2, 0.25) is 0 Å². The van der Waals surface area contributed by atoms with Gasteiger partial charge in [0.05, 0.1) is 5.69 Å². The lowest BCUT2D eigenvalue weighted by Crippen LogP contribution is -2.25. The first-order valence-electron chi connectivity index (χ1n) is 7.80. The van der Waals surface area contributed by atoms with Gasteiger partial charge in [0.1, 0.15) is 5.82 Å². The van der Waals surface area contributed by atoms with Gasteiger partial charge in [-0.2, -0.15) is 0 Å². The first kappa shape index (κ1) is 12.9. The Hall–Kier alpha value is -1.09. The second kappa shape index (κ2) is 5.91. The molecular formula is C16H25N3. The van der Waals surface area contributed by atoms with Crippen molar-refractivity contribution in [2.45, 2.75) is 51.5 Å². The molecule has 0 bridgehead atoms. The second-order valence-corrected chi connectivity index (χ2v) is 5.98. The Kier molecular flexibility index (Phi) is 4.02. The molecule has 3 nitrogen and oxygen atoms in total. The van der Waals surface area contributed by atoms with Crippen LogP contribution in [-0.4, -0.2) is 24.6 Å². The lowest BCUT2D eigenvalue weighted by atomic mass is 10.0. The number of nitrogens with one attached hydrogen (secondary N) is 1. The van der Waals surface area contributed by atoms with Gasteiger partial charge in [0, 0.05) is 19.6 Å². The number of rotatable bonds is 1. The Balaban J connectivity index is 1.86. The lowest BCUT2D eigenvalue weighted by molar-refractivity contribution is 0.623. The molecule has 1 fully saturated rings. The van der Waals surface area contributed by atoms with Gasteiger partial charge in [0.15, 0.2) is 0 Å². The third-order valence-electron chi connectivity index (χ3n) is 4.46. The van der Waals surface area contributed by atoms with Crippen molar-refractivity contribution in [2.24, 2.45) is 0 Å². The molecule has 3 rings (SSSR count). The topological polar surface area (TPSA) is 28.2 Å². The summed E-state index contributed by atoms with van der Waals surface area (Å²) >= 11 is 0. The summed E-state index contributed by atoms with van der Waals surface area (Å²) in [7, 11) is 0. The van der Waals surface area contributed by atoms with Crippen molar-refractivity contribution in [2.75, 3.05) is 24.5 Å². The van der Waals surface area contributed by atoms with Crippen LogP contribution in [0.15, 0.2) is 12.1 Å². The van der Waals surface area contributed by atoms with E-state index in [1.54, 1.807) is 0 Å². The molecule has 1 aromatic heterocycles. The van der Waals surface area contributed by atoms with Crippen LogP contribution in [0, 0.1) is 0 Å². The Morgan fingerprint density at radius 2 is 1.95 bits per heavy atom. The molecule has 3 heterocycles. The Morgan fingerprint density at radius 3 is 2.74 bits per heavy atom. The number of hydrogen-bond donors (Lipinski definition) is 1. The van der Waals surface area contributed by atoms with Crippen molar-refractivity contribution < 1.29 is 0 Å². The van der Waals surface area contributed by atoms with Crippen LogP contribution >= 0.6 is 0 Å². The van der Waals surface area contributed by atoms with E-state index < -0.39 is 0 Å². The number of fused-ring (bicyclic) bond motifs is 1. The fraction of sp³-hybridized carbons (Fsp3) is 0.688. The van der Waals surface area contributed by atoms with Crippen molar-refractivity contribution in [3.8, 4) is 0 Å². The quantitative estimate of drug-likeness (QED) is 0.840. The van der Waals surface area contributed by atoms with Crippen molar-refractivity contribution >= 4 is 5.82 Å². The smallest absolute Gasteiger partial charge is 0.128 e. The molecule has 3 heteroatoms. The second-order valence-electron chi connectivity index (χ2n) is 5.98. The number of nitrogens with zero attached hydrogens (tertiary/aromatic N) is 2. The largest absolute Gasteiger partial charge is 0.357 e. The van der Waals surface area contributed by atoms with Gasteiger partial charge < -0.3 is 10.2 Å². The summed E-state index contributed by atoms with van der Waals surface area (Å²) in [6.07, 6.45) is 6.58. The third kappa shape index (κ3) is 2.92. The zero-order valence-electron chi connectivity index (χ0n) is 12.0. The van der Waals surface area contributed by atoms with E-state index in [9.17, 15) is 0 Å². The van der Waals surface area contributed by atoms with Crippen LogP contribution in [0.5, 0.6) is 0 Å². The van der Waals surface area contributed by atoms with E-state index in [-0.39, 0.29) is 0 Å². The molecule has 1 aromatic rings. The van der Waals surface area contributed by atoms with Crippen molar-refractivity contribution in [3.05, 3.63) is 23.4 Å². The first-order chi connectivity index (χ1) is 9.34. The molecule has 19 heavy (non-hydrogen) atoms. The van der Waals surface area contributed by atoms with Crippen LogP contribution in [0.25, 0.3) is 0 Å². The average Bonchev–Trinajstić information content (AvgIpc) is 2.80. The van der Waals surface area contributed by atoms with Crippen LogP contribution < -0.4 is 10.2 Å². The number of aromatic nitrogens is 1. The van der Waals surface area contributed by atoms with E-state index in [2.05, 4.69) is 29.3 Å². The summed E-state index contributed by atoms with van der Waals surface area (Å²) in [5.74, 6) is 1.78. The molecule has 1 atom stereocenters. The maximum atomic E-state index is 5.01. The van der Waals surface area contributed by atoms with Crippen molar-refractivity contribution in [1.82, 2.24) is 10.3 Å². The minimum Gasteiger partial charge on any atom is -0.357 e. The highest BCUT2D eigenvalue weighted by molar-refractivity contribution is 5.43. The molecular weight excluding hydrogens is 234 g/mol. The molecule has 2 aliphatic rings. The zero-order chi connectivity index (χ0) is 13.1. The summed E-state index contributed by atoms with van der Waals surface area (Å²) < 4.78 is 0. The van der Waals surface area contributed by atoms with E-state index in [0.29, 0.717) is 5.92 Å². The normalized spacial score (nSPS) is 24.5. The van der Waals surface area contributed by atoms with Crippen LogP contribution in [0.4, 0.5) is 5.82 Å². The van der Waals surface area contributed by atoms with Gasteiger partial charge in [0.25, 0.3) is 0 Å². The predicted molar refractivity (Wildman–Crippen MR) is 79.7 cm³/mol. The van der Waals surface area contributed by atoms with Crippen molar-refractivity contribution in [1.29, 1.82) is 0 Å². The minimum absolute atomic E-state index is 0.580. The standard InChI is InChI=1S/C16H25N3/c1-13-8-9-17-12-14-6-7-15(18-16(13)14)19-10-4-2-3-5-11-19/h6-7,13,17H,2-5,8-12H2,1H3. The highest BCUT2D eigenvalue weighted by Crippen LogP contribution is 2.27. The number of anilines is 1. The van der Waals surface area contributed by atoms with Gasteiger partial charge in [-0.05, 0) is 43.4 Å². The SMILES string of the molecule is CC1CCNCc2ccc(N3CCCCCC3)nc21. The number of pyridine rings is 1. The predicted octanol–water partition coefficient (Wildman–Crippen LogP) is 3.06. The summed E-state index contributed by atoms with van der Waals surface area (Å²) in [4.78, 5) is 7.49. The van der Waals surface area contributed by atoms with E-state index in [4.69, 9.17) is 4.98 Å². The molecule has 1 saturated heterocycles. The maximum absolute atomic E-state index is 5.01. The van der Waals surface area contributed by atoms with Crippen LogP contribution in [0.3, 0.4) is 0 Å². The zero-order valence-corrected chi connectivity index (χ0v) is 12.0. The molecule has 1 N–H and O–H groups in total. The highest BCUT2D eigenvalue weighted by Gasteiger charge is 2.18. The minimum atomic E-state index is 0.580. The molecule has 0 saturated carbocycles. The molecule has 0 aromatic carbocycles. The Morgan fingerprint density at radius 1 is 1.16 bits per heavy atom. The Bertz CT molecular complexity index is 422. The van der Waals surface area contributed by atoms with Gasteiger partial charge >= 0.3 is 0 Å². The molecule has 0 amide bonds. The van der Waals surface area contributed by atoms with Gasteiger partial charge in [-0.25, -0.2) is 4.98 Å². The molecule has 1 unspecified atom stereocenters. The van der Waals surface area contributed by atoms with E-state index >= 15 is 0 Å². The average molecular weight is 259 g/mol.